The lowest BCUT2D eigenvalue weighted by atomic mass is 9.99. The fourth-order valence-corrected chi connectivity index (χ4v) is 2.40. The van der Waals surface area contributed by atoms with Gasteiger partial charge in [-0.05, 0) is 29.7 Å². The molecule has 0 bridgehead atoms. The molecule has 0 aliphatic carbocycles. The standard InChI is InChI=1S/C20H17NO/c21-19-12-8-16(9-13-19)14-15-6-10-18(11-7-15)20(22)17-4-2-1-3-5-17/h1-13H,14,21H2. The van der Waals surface area contributed by atoms with Crippen molar-refractivity contribution in [2.75, 3.05) is 5.73 Å². The third-order valence-corrected chi connectivity index (χ3v) is 3.64. The molecule has 0 saturated carbocycles. The SMILES string of the molecule is Nc1ccc(Cc2ccc(C(=O)c3ccccc3)cc2)cc1. The highest BCUT2D eigenvalue weighted by atomic mass is 16.1. The molecule has 0 unspecified atom stereocenters. The molecule has 22 heavy (non-hydrogen) atoms. The molecule has 0 aliphatic heterocycles. The Morgan fingerprint density at radius 2 is 1.18 bits per heavy atom. The molecule has 0 aliphatic rings. The molecule has 2 nitrogen and oxygen atoms in total. The van der Waals surface area contributed by atoms with Gasteiger partial charge in [0.2, 0.25) is 0 Å². The Labute approximate surface area is 130 Å². The van der Waals surface area contributed by atoms with E-state index in [1.54, 1.807) is 0 Å². The topological polar surface area (TPSA) is 43.1 Å². The summed E-state index contributed by atoms with van der Waals surface area (Å²) in [6.45, 7) is 0. The van der Waals surface area contributed by atoms with Crippen LogP contribution in [-0.2, 0) is 6.42 Å². The van der Waals surface area contributed by atoms with E-state index in [9.17, 15) is 4.79 Å². The molecule has 0 spiro atoms. The van der Waals surface area contributed by atoms with Crippen molar-refractivity contribution in [3.8, 4) is 0 Å². The second-order valence-electron chi connectivity index (χ2n) is 5.31. The van der Waals surface area contributed by atoms with Crippen LogP contribution < -0.4 is 5.73 Å². The zero-order chi connectivity index (χ0) is 15.4. The van der Waals surface area contributed by atoms with Crippen LogP contribution >= 0.6 is 0 Å². The van der Waals surface area contributed by atoms with Gasteiger partial charge in [0.05, 0.1) is 0 Å². The number of carbonyl (C=O) groups excluding carboxylic acids is 1. The summed E-state index contributed by atoms with van der Waals surface area (Å²) < 4.78 is 0. The minimum absolute atomic E-state index is 0.0552. The maximum absolute atomic E-state index is 12.3. The summed E-state index contributed by atoms with van der Waals surface area (Å²) in [4.78, 5) is 12.3. The van der Waals surface area contributed by atoms with Crippen molar-refractivity contribution >= 4 is 11.5 Å². The van der Waals surface area contributed by atoms with Crippen LogP contribution in [0.1, 0.15) is 27.0 Å². The van der Waals surface area contributed by atoms with E-state index in [1.807, 2.05) is 78.9 Å². The van der Waals surface area contributed by atoms with E-state index in [0.717, 1.165) is 12.1 Å². The molecule has 108 valence electrons. The van der Waals surface area contributed by atoms with Gasteiger partial charge in [-0.2, -0.15) is 0 Å². The number of ketones is 1. The molecule has 2 heteroatoms. The van der Waals surface area contributed by atoms with Gasteiger partial charge in [-0.3, -0.25) is 4.79 Å². The molecule has 0 saturated heterocycles. The highest BCUT2D eigenvalue weighted by Gasteiger charge is 2.08. The van der Waals surface area contributed by atoms with Crippen LogP contribution in [-0.4, -0.2) is 5.78 Å². The lowest BCUT2D eigenvalue weighted by Gasteiger charge is -2.05. The molecular weight excluding hydrogens is 270 g/mol. The first-order valence-electron chi connectivity index (χ1n) is 7.25. The first kappa shape index (κ1) is 14.1. The number of rotatable bonds is 4. The minimum Gasteiger partial charge on any atom is -0.399 e. The van der Waals surface area contributed by atoms with E-state index in [2.05, 4.69) is 0 Å². The summed E-state index contributed by atoms with van der Waals surface area (Å²) in [5.74, 6) is 0.0552. The van der Waals surface area contributed by atoms with Crippen LogP contribution in [0.25, 0.3) is 0 Å². The summed E-state index contributed by atoms with van der Waals surface area (Å²) >= 11 is 0. The van der Waals surface area contributed by atoms with Gasteiger partial charge >= 0.3 is 0 Å². The normalized spacial score (nSPS) is 10.4. The first-order valence-corrected chi connectivity index (χ1v) is 7.25. The molecule has 0 amide bonds. The molecular formula is C20H17NO. The van der Waals surface area contributed by atoms with E-state index in [4.69, 9.17) is 5.73 Å². The van der Waals surface area contributed by atoms with Crippen molar-refractivity contribution in [2.45, 2.75) is 6.42 Å². The molecule has 3 aromatic carbocycles. The van der Waals surface area contributed by atoms with Gasteiger partial charge in [-0.1, -0.05) is 66.7 Å². The van der Waals surface area contributed by atoms with Crippen molar-refractivity contribution < 1.29 is 4.79 Å². The zero-order valence-electron chi connectivity index (χ0n) is 12.2. The van der Waals surface area contributed by atoms with E-state index in [-0.39, 0.29) is 5.78 Å². The van der Waals surface area contributed by atoms with E-state index in [0.29, 0.717) is 11.1 Å². The molecule has 0 aromatic heterocycles. The quantitative estimate of drug-likeness (QED) is 0.580. The fraction of sp³-hybridized carbons (Fsp3) is 0.0500. The number of hydrogen-bond acceptors (Lipinski definition) is 2. The van der Waals surface area contributed by atoms with Crippen LogP contribution in [0.5, 0.6) is 0 Å². The second kappa shape index (κ2) is 6.27. The average molecular weight is 287 g/mol. The Kier molecular flexibility index (Phi) is 4.01. The maximum atomic E-state index is 12.3. The van der Waals surface area contributed by atoms with Gasteiger partial charge in [0, 0.05) is 16.8 Å². The van der Waals surface area contributed by atoms with Crippen LogP contribution in [0.4, 0.5) is 5.69 Å². The Balaban J connectivity index is 1.75. The number of nitrogens with two attached hydrogens (primary N) is 1. The van der Waals surface area contributed by atoms with Gasteiger partial charge in [0.25, 0.3) is 0 Å². The Morgan fingerprint density at radius 3 is 1.77 bits per heavy atom. The van der Waals surface area contributed by atoms with Gasteiger partial charge in [0.15, 0.2) is 5.78 Å². The van der Waals surface area contributed by atoms with E-state index in [1.165, 1.54) is 11.1 Å². The Bertz CT molecular complexity index is 759. The number of hydrogen-bond donors (Lipinski definition) is 1. The predicted molar refractivity (Wildman–Crippen MR) is 90.0 cm³/mol. The van der Waals surface area contributed by atoms with Crippen LogP contribution in [0.2, 0.25) is 0 Å². The second-order valence-corrected chi connectivity index (χ2v) is 5.31. The fourth-order valence-electron chi connectivity index (χ4n) is 2.40. The number of anilines is 1. The number of nitrogen functional groups attached to an aromatic ring is 1. The number of carbonyl (C=O) groups is 1. The molecule has 3 rings (SSSR count). The lowest BCUT2D eigenvalue weighted by molar-refractivity contribution is 0.103. The van der Waals surface area contributed by atoms with Crippen molar-refractivity contribution in [3.05, 3.63) is 101 Å². The summed E-state index contributed by atoms with van der Waals surface area (Å²) in [6.07, 6.45) is 0.833. The third kappa shape index (κ3) is 3.23. The van der Waals surface area contributed by atoms with E-state index < -0.39 is 0 Å². The van der Waals surface area contributed by atoms with Crippen LogP contribution in [0.15, 0.2) is 78.9 Å². The van der Waals surface area contributed by atoms with E-state index >= 15 is 0 Å². The number of benzene rings is 3. The van der Waals surface area contributed by atoms with Crippen LogP contribution in [0.3, 0.4) is 0 Å². The molecule has 3 aromatic rings. The smallest absolute Gasteiger partial charge is 0.193 e. The molecule has 2 N–H and O–H groups in total. The summed E-state index contributed by atoms with van der Waals surface area (Å²) in [5, 5.41) is 0. The van der Waals surface area contributed by atoms with Gasteiger partial charge in [-0.15, -0.1) is 0 Å². The summed E-state index contributed by atoms with van der Waals surface area (Å²) in [7, 11) is 0. The summed E-state index contributed by atoms with van der Waals surface area (Å²) in [6, 6.07) is 25.0. The monoisotopic (exact) mass is 287 g/mol. The van der Waals surface area contributed by atoms with Crippen molar-refractivity contribution in [1.29, 1.82) is 0 Å². The maximum Gasteiger partial charge on any atom is 0.193 e. The van der Waals surface area contributed by atoms with Gasteiger partial charge < -0.3 is 5.73 Å². The average Bonchev–Trinajstić information content (AvgIpc) is 2.58. The lowest BCUT2D eigenvalue weighted by Crippen LogP contribution is -2.01. The largest absolute Gasteiger partial charge is 0.399 e. The van der Waals surface area contributed by atoms with Gasteiger partial charge in [0.1, 0.15) is 0 Å². The van der Waals surface area contributed by atoms with Crippen molar-refractivity contribution in [2.24, 2.45) is 0 Å². The molecule has 0 heterocycles. The predicted octanol–water partition coefficient (Wildman–Crippen LogP) is 4.09. The minimum atomic E-state index is 0.0552. The molecule has 0 radical (unpaired) electrons. The molecule has 0 fully saturated rings. The first-order chi connectivity index (χ1) is 10.7. The zero-order valence-corrected chi connectivity index (χ0v) is 12.2. The highest BCUT2D eigenvalue weighted by molar-refractivity contribution is 6.08. The summed E-state index contributed by atoms with van der Waals surface area (Å²) in [5.41, 5.74) is 10.3. The highest BCUT2D eigenvalue weighted by Crippen LogP contribution is 2.15. The van der Waals surface area contributed by atoms with Crippen molar-refractivity contribution in [1.82, 2.24) is 0 Å². The van der Waals surface area contributed by atoms with Crippen molar-refractivity contribution in [3.63, 3.8) is 0 Å². The Morgan fingerprint density at radius 1 is 0.682 bits per heavy atom. The molecule has 0 atom stereocenters. The van der Waals surface area contributed by atoms with Crippen LogP contribution in [0, 0.1) is 0 Å². The Hall–Kier alpha value is -2.87. The third-order valence-electron chi connectivity index (χ3n) is 3.64. The van der Waals surface area contributed by atoms with Gasteiger partial charge in [-0.25, -0.2) is 0 Å².